The molecule has 11 heavy (non-hydrogen) atoms. The molecule has 0 aliphatic heterocycles. The quantitative estimate of drug-likeness (QED) is 0.439. The molecule has 1 aliphatic rings. The van der Waals surface area contributed by atoms with Gasteiger partial charge in [0, 0.05) is 12.3 Å². The van der Waals surface area contributed by atoms with E-state index in [9.17, 15) is 4.79 Å². The van der Waals surface area contributed by atoms with Gasteiger partial charge < -0.3 is 0 Å². The lowest BCUT2D eigenvalue weighted by atomic mass is 9.96. The van der Waals surface area contributed by atoms with Crippen molar-refractivity contribution in [3.63, 3.8) is 0 Å². The molecule has 1 heteroatoms. The maximum atomic E-state index is 11.4. The number of ketones is 1. The molecular weight excluding hydrogens is 136 g/mol. The Morgan fingerprint density at radius 2 is 2.27 bits per heavy atom. The van der Waals surface area contributed by atoms with E-state index in [0.717, 1.165) is 25.7 Å². The van der Waals surface area contributed by atoms with Crippen molar-refractivity contribution in [2.24, 2.45) is 5.92 Å². The van der Waals surface area contributed by atoms with Gasteiger partial charge in [-0.3, -0.25) is 4.79 Å². The number of carbonyl (C=O) groups is 1. The first-order valence-electron chi connectivity index (χ1n) is 4.48. The summed E-state index contributed by atoms with van der Waals surface area (Å²) in [5, 5.41) is 0. The van der Waals surface area contributed by atoms with Gasteiger partial charge in [0.25, 0.3) is 0 Å². The molecular formula is C10H16O. The van der Waals surface area contributed by atoms with Crippen molar-refractivity contribution in [3.05, 3.63) is 12.7 Å². The molecule has 0 aromatic heterocycles. The van der Waals surface area contributed by atoms with Crippen molar-refractivity contribution in [1.29, 1.82) is 0 Å². The van der Waals surface area contributed by atoms with Crippen LogP contribution in [0.15, 0.2) is 12.7 Å². The summed E-state index contributed by atoms with van der Waals surface area (Å²) in [7, 11) is 0. The lowest BCUT2D eigenvalue weighted by molar-refractivity contribution is -0.122. The zero-order valence-electron chi connectivity index (χ0n) is 7.01. The maximum Gasteiger partial charge on any atom is 0.136 e. The molecule has 0 saturated heterocycles. The number of rotatable bonds is 2. The van der Waals surface area contributed by atoms with Gasteiger partial charge >= 0.3 is 0 Å². The number of hydrogen-bond acceptors (Lipinski definition) is 1. The summed E-state index contributed by atoms with van der Waals surface area (Å²) in [6, 6.07) is 0. The van der Waals surface area contributed by atoms with Crippen LogP contribution in [-0.4, -0.2) is 5.78 Å². The minimum atomic E-state index is 0.301. The molecule has 0 radical (unpaired) electrons. The van der Waals surface area contributed by atoms with Crippen LogP contribution in [0, 0.1) is 5.92 Å². The van der Waals surface area contributed by atoms with E-state index in [0.29, 0.717) is 11.7 Å². The van der Waals surface area contributed by atoms with E-state index in [-0.39, 0.29) is 0 Å². The van der Waals surface area contributed by atoms with Crippen LogP contribution in [0.4, 0.5) is 0 Å². The first-order chi connectivity index (χ1) is 5.34. The van der Waals surface area contributed by atoms with E-state index in [1.165, 1.54) is 12.8 Å². The molecule has 1 fully saturated rings. The Labute approximate surface area is 68.5 Å². The lowest BCUT2D eigenvalue weighted by Crippen LogP contribution is -2.10. The summed E-state index contributed by atoms with van der Waals surface area (Å²) in [6.07, 6.45) is 8.21. The maximum absolute atomic E-state index is 11.4. The SMILES string of the molecule is C=CCC1CCCCCC1=O. The summed E-state index contributed by atoms with van der Waals surface area (Å²) >= 11 is 0. The van der Waals surface area contributed by atoms with E-state index >= 15 is 0 Å². The topological polar surface area (TPSA) is 17.1 Å². The average Bonchev–Trinajstić information content (AvgIpc) is 2.18. The molecule has 0 spiro atoms. The molecule has 0 N–H and O–H groups in total. The Bertz CT molecular complexity index is 149. The smallest absolute Gasteiger partial charge is 0.136 e. The fraction of sp³-hybridized carbons (Fsp3) is 0.700. The number of hydrogen-bond donors (Lipinski definition) is 0. The third-order valence-corrected chi connectivity index (χ3v) is 2.38. The Morgan fingerprint density at radius 1 is 1.45 bits per heavy atom. The molecule has 1 nitrogen and oxygen atoms in total. The van der Waals surface area contributed by atoms with Gasteiger partial charge in [0.1, 0.15) is 5.78 Å². The number of Topliss-reactive ketones (excluding diaryl/α,β-unsaturated/α-hetero) is 1. The molecule has 62 valence electrons. The van der Waals surface area contributed by atoms with Gasteiger partial charge in [0.05, 0.1) is 0 Å². The third-order valence-electron chi connectivity index (χ3n) is 2.38. The predicted molar refractivity (Wildman–Crippen MR) is 46.4 cm³/mol. The van der Waals surface area contributed by atoms with Crippen molar-refractivity contribution >= 4 is 5.78 Å². The molecule has 0 heterocycles. The van der Waals surface area contributed by atoms with Crippen molar-refractivity contribution in [1.82, 2.24) is 0 Å². The van der Waals surface area contributed by atoms with E-state index in [2.05, 4.69) is 6.58 Å². The van der Waals surface area contributed by atoms with Crippen LogP contribution in [0.1, 0.15) is 38.5 Å². The van der Waals surface area contributed by atoms with Gasteiger partial charge in [-0.25, -0.2) is 0 Å². The van der Waals surface area contributed by atoms with E-state index < -0.39 is 0 Å². The monoisotopic (exact) mass is 152 g/mol. The number of carbonyl (C=O) groups excluding carboxylic acids is 1. The average molecular weight is 152 g/mol. The van der Waals surface area contributed by atoms with Gasteiger partial charge in [-0.05, 0) is 19.3 Å². The van der Waals surface area contributed by atoms with Crippen molar-refractivity contribution in [3.8, 4) is 0 Å². The Balaban J connectivity index is 2.45. The van der Waals surface area contributed by atoms with Crippen LogP contribution in [0.25, 0.3) is 0 Å². The third kappa shape index (κ3) is 2.49. The first-order valence-corrected chi connectivity index (χ1v) is 4.48. The van der Waals surface area contributed by atoms with Crippen molar-refractivity contribution in [2.75, 3.05) is 0 Å². The van der Waals surface area contributed by atoms with Crippen LogP contribution in [0.5, 0.6) is 0 Å². The Morgan fingerprint density at radius 3 is 3.00 bits per heavy atom. The zero-order chi connectivity index (χ0) is 8.10. The highest BCUT2D eigenvalue weighted by atomic mass is 16.1. The minimum absolute atomic E-state index is 0.301. The molecule has 1 rings (SSSR count). The fourth-order valence-electron chi connectivity index (χ4n) is 1.68. The lowest BCUT2D eigenvalue weighted by Gasteiger charge is -2.08. The summed E-state index contributed by atoms with van der Waals surface area (Å²) in [5.41, 5.74) is 0. The Hall–Kier alpha value is -0.590. The summed E-state index contributed by atoms with van der Waals surface area (Å²) in [6.45, 7) is 3.67. The normalized spacial score (nSPS) is 26.2. The van der Waals surface area contributed by atoms with Gasteiger partial charge in [-0.1, -0.05) is 18.9 Å². The van der Waals surface area contributed by atoms with E-state index in [1.54, 1.807) is 0 Å². The largest absolute Gasteiger partial charge is 0.299 e. The van der Waals surface area contributed by atoms with Crippen LogP contribution < -0.4 is 0 Å². The fourth-order valence-corrected chi connectivity index (χ4v) is 1.68. The van der Waals surface area contributed by atoms with Crippen molar-refractivity contribution in [2.45, 2.75) is 38.5 Å². The molecule has 0 aromatic rings. The highest BCUT2D eigenvalue weighted by molar-refractivity contribution is 5.81. The second-order valence-electron chi connectivity index (χ2n) is 3.29. The van der Waals surface area contributed by atoms with Gasteiger partial charge in [-0.15, -0.1) is 6.58 Å². The molecule has 1 saturated carbocycles. The molecule has 1 atom stereocenters. The Kier molecular flexibility index (Phi) is 3.34. The second-order valence-corrected chi connectivity index (χ2v) is 3.29. The molecule has 1 unspecified atom stereocenters. The predicted octanol–water partition coefficient (Wildman–Crippen LogP) is 2.71. The van der Waals surface area contributed by atoms with E-state index in [4.69, 9.17) is 0 Å². The highest BCUT2D eigenvalue weighted by Crippen LogP contribution is 2.22. The van der Waals surface area contributed by atoms with Crippen LogP contribution in [0.2, 0.25) is 0 Å². The van der Waals surface area contributed by atoms with Crippen LogP contribution in [0.3, 0.4) is 0 Å². The van der Waals surface area contributed by atoms with Crippen LogP contribution in [-0.2, 0) is 4.79 Å². The minimum Gasteiger partial charge on any atom is -0.299 e. The first kappa shape index (κ1) is 8.51. The second kappa shape index (κ2) is 4.32. The van der Waals surface area contributed by atoms with Crippen molar-refractivity contribution < 1.29 is 4.79 Å². The van der Waals surface area contributed by atoms with Crippen LogP contribution >= 0.6 is 0 Å². The molecule has 0 aromatic carbocycles. The van der Waals surface area contributed by atoms with E-state index in [1.807, 2.05) is 6.08 Å². The molecule has 1 aliphatic carbocycles. The number of allylic oxidation sites excluding steroid dienone is 1. The van der Waals surface area contributed by atoms with Gasteiger partial charge in [-0.2, -0.15) is 0 Å². The molecule has 0 bridgehead atoms. The highest BCUT2D eigenvalue weighted by Gasteiger charge is 2.18. The van der Waals surface area contributed by atoms with Gasteiger partial charge in [0.15, 0.2) is 0 Å². The standard InChI is InChI=1S/C10H16O/c1-2-6-9-7-4-3-5-8-10(9)11/h2,9H,1,3-8H2. The summed E-state index contributed by atoms with van der Waals surface area (Å²) in [5.74, 6) is 0.761. The van der Waals surface area contributed by atoms with Gasteiger partial charge in [0.2, 0.25) is 0 Å². The zero-order valence-corrected chi connectivity index (χ0v) is 7.01. The summed E-state index contributed by atoms with van der Waals surface area (Å²) < 4.78 is 0. The summed E-state index contributed by atoms with van der Waals surface area (Å²) in [4.78, 5) is 11.4. The molecule has 0 amide bonds.